The summed E-state index contributed by atoms with van der Waals surface area (Å²) >= 11 is 0. The zero-order chi connectivity index (χ0) is 18.9. The molecular weight excluding hydrogens is 372 g/mol. The summed E-state index contributed by atoms with van der Waals surface area (Å²) in [6.07, 6.45) is 0.884. The fourth-order valence-corrected chi connectivity index (χ4v) is 5.15. The highest BCUT2D eigenvalue weighted by molar-refractivity contribution is 7.89. The van der Waals surface area contributed by atoms with Crippen molar-refractivity contribution in [3.63, 3.8) is 0 Å². The lowest BCUT2D eigenvalue weighted by atomic mass is 9.98. The quantitative estimate of drug-likeness (QED) is 0.731. The van der Waals surface area contributed by atoms with Crippen LogP contribution in [0, 0.1) is 0 Å². The van der Waals surface area contributed by atoms with E-state index in [-0.39, 0.29) is 30.8 Å². The maximum absolute atomic E-state index is 12.5. The summed E-state index contributed by atoms with van der Waals surface area (Å²) in [6.45, 7) is 3.06. The van der Waals surface area contributed by atoms with Gasteiger partial charge in [-0.1, -0.05) is 6.07 Å². The van der Waals surface area contributed by atoms with Crippen LogP contribution in [-0.4, -0.2) is 75.5 Å². The van der Waals surface area contributed by atoms with Crippen LogP contribution >= 0.6 is 0 Å². The van der Waals surface area contributed by atoms with Crippen LogP contribution in [0.25, 0.3) is 0 Å². The number of rotatable bonds is 5. The number of carbonyl (C=O) groups excluding carboxylic acids is 1. The average Bonchev–Trinajstić information content (AvgIpc) is 3.35. The molecule has 0 spiro atoms. The molecule has 0 aromatic heterocycles. The van der Waals surface area contributed by atoms with Gasteiger partial charge in [0.2, 0.25) is 22.7 Å². The Kier molecular flexibility index (Phi) is 5.25. The molecule has 4 rings (SSSR count). The number of likely N-dealkylation sites (tertiary alicyclic amines) is 1. The molecule has 0 N–H and O–H groups in total. The first-order chi connectivity index (χ1) is 13.0. The smallest absolute Gasteiger partial charge is 0.231 e. The fraction of sp³-hybridized carbons (Fsp3) is 0.611. The molecule has 0 radical (unpaired) electrons. The number of carbonyl (C=O) groups is 1. The topological polar surface area (TPSA) is 85.4 Å². The molecule has 3 aliphatic heterocycles. The largest absolute Gasteiger partial charge is 0.454 e. The summed E-state index contributed by atoms with van der Waals surface area (Å²) in [7, 11) is -3.41. The molecule has 8 nitrogen and oxygen atoms in total. The third-order valence-corrected chi connectivity index (χ3v) is 7.22. The summed E-state index contributed by atoms with van der Waals surface area (Å²) in [5, 5.41) is 0. The highest BCUT2D eigenvalue weighted by Gasteiger charge is 2.30. The molecule has 148 valence electrons. The second-order valence-corrected chi connectivity index (χ2v) is 9.10. The van der Waals surface area contributed by atoms with Crippen molar-refractivity contribution in [2.24, 2.45) is 0 Å². The van der Waals surface area contributed by atoms with E-state index in [0.717, 1.165) is 23.5 Å². The van der Waals surface area contributed by atoms with Crippen LogP contribution in [-0.2, 0) is 19.6 Å². The molecule has 2 fully saturated rings. The van der Waals surface area contributed by atoms with Gasteiger partial charge in [-0.15, -0.1) is 0 Å². The van der Waals surface area contributed by atoms with Crippen molar-refractivity contribution in [3.05, 3.63) is 23.8 Å². The Morgan fingerprint density at radius 2 is 1.89 bits per heavy atom. The lowest BCUT2D eigenvalue weighted by Gasteiger charge is -2.26. The van der Waals surface area contributed by atoms with Gasteiger partial charge in [0, 0.05) is 38.5 Å². The SMILES string of the molecule is O=C(CCS(=O)(=O)N1CCOCC1)N1CCC(c2ccc3c(c2)OCO3)C1. The van der Waals surface area contributed by atoms with E-state index in [0.29, 0.717) is 39.4 Å². The number of benzene rings is 1. The molecule has 0 saturated carbocycles. The monoisotopic (exact) mass is 396 g/mol. The highest BCUT2D eigenvalue weighted by atomic mass is 32.2. The molecule has 1 atom stereocenters. The lowest BCUT2D eigenvalue weighted by molar-refractivity contribution is -0.129. The Morgan fingerprint density at radius 1 is 1.11 bits per heavy atom. The van der Waals surface area contributed by atoms with E-state index in [1.54, 1.807) is 4.90 Å². The second kappa shape index (κ2) is 7.65. The summed E-state index contributed by atoms with van der Waals surface area (Å²) in [4.78, 5) is 14.3. The first-order valence-corrected chi connectivity index (χ1v) is 10.9. The molecule has 2 saturated heterocycles. The van der Waals surface area contributed by atoms with Crippen molar-refractivity contribution in [3.8, 4) is 11.5 Å². The molecule has 1 amide bonds. The molecule has 3 heterocycles. The van der Waals surface area contributed by atoms with Gasteiger partial charge in [-0.05, 0) is 24.1 Å². The molecule has 1 aromatic carbocycles. The number of amides is 1. The Balaban J connectivity index is 1.31. The van der Waals surface area contributed by atoms with E-state index in [1.165, 1.54) is 4.31 Å². The van der Waals surface area contributed by atoms with Gasteiger partial charge in [0.15, 0.2) is 11.5 Å². The molecule has 3 aliphatic rings. The van der Waals surface area contributed by atoms with Crippen LogP contribution in [0.1, 0.15) is 24.3 Å². The van der Waals surface area contributed by atoms with Gasteiger partial charge in [0.25, 0.3) is 0 Å². The number of sulfonamides is 1. The van der Waals surface area contributed by atoms with Gasteiger partial charge in [-0.25, -0.2) is 8.42 Å². The molecular formula is C18H24N2O6S. The van der Waals surface area contributed by atoms with E-state index >= 15 is 0 Å². The Morgan fingerprint density at radius 3 is 2.70 bits per heavy atom. The Bertz CT molecular complexity index is 806. The maximum Gasteiger partial charge on any atom is 0.231 e. The predicted molar refractivity (Wildman–Crippen MR) is 97.3 cm³/mol. The molecule has 9 heteroatoms. The highest BCUT2D eigenvalue weighted by Crippen LogP contribution is 2.37. The van der Waals surface area contributed by atoms with Crippen molar-refractivity contribution >= 4 is 15.9 Å². The maximum atomic E-state index is 12.5. The first kappa shape index (κ1) is 18.5. The molecule has 1 aromatic rings. The van der Waals surface area contributed by atoms with E-state index in [2.05, 4.69) is 0 Å². The molecule has 1 unspecified atom stereocenters. The van der Waals surface area contributed by atoms with Crippen LogP contribution in [0.4, 0.5) is 0 Å². The van der Waals surface area contributed by atoms with Crippen LogP contribution in [0.5, 0.6) is 11.5 Å². The number of morpholine rings is 1. The van der Waals surface area contributed by atoms with Gasteiger partial charge < -0.3 is 19.1 Å². The van der Waals surface area contributed by atoms with Gasteiger partial charge in [0.05, 0.1) is 19.0 Å². The minimum absolute atomic E-state index is 0.0214. The molecule has 0 aliphatic carbocycles. The average molecular weight is 396 g/mol. The van der Waals surface area contributed by atoms with E-state index < -0.39 is 10.0 Å². The number of hydrogen-bond donors (Lipinski definition) is 0. The molecule has 0 bridgehead atoms. The summed E-state index contributed by atoms with van der Waals surface area (Å²) in [5.41, 5.74) is 1.12. The van der Waals surface area contributed by atoms with Crippen LogP contribution in [0.3, 0.4) is 0 Å². The second-order valence-electron chi connectivity index (χ2n) is 7.02. The van der Waals surface area contributed by atoms with Crippen molar-refractivity contribution in [1.82, 2.24) is 9.21 Å². The Labute approximate surface area is 159 Å². The normalized spacial score (nSPS) is 23.0. The number of nitrogens with zero attached hydrogens (tertiary/aromatic N) is 2. The number of fused-ring (bicyclic) bond motifs is 1. The van der Waals surface area contributed by atoms with Crippen molar-refractivity contribution in [1.29, 1.82) is 0 Å². The zero-order valence-corrected chi connectivity index (χ0v) is 15.9. The van der Waals surface area contributed by atoms with E-state index in [1.807, 2.05) is 18.2 Å². The number of ether oxygens (including phenoxy) is 3. The van der Waals surface area contributed by atoms with Crippen LogP contribution in [0.2, 0.25) is 0 Å². The summed E-state index contributed by atoms with van der Waals surface area (Å²) in [5.74, 6) is 1.48. The summed E-state index contributed by atoms with van der Waals surface area (Å²) in [6, 6.07) is 5.88. The Hall–Kier alpha value is -1.84. The standard InChI is InChI=1S/C18H24N2O6S/c21-18(4-10-27(22,23)20-6-8-24-9-7-20)19-5-3-15(12-19)14-1-2-16-17(11-14)26-13-25-16/h1-2,11,15H,3-10,12-13H2. The fourth-order valence-electron chi connectivity index (χ4n) is 3.75. The predicted octanol–water partition coefficient (Wildman–Crippen LogP) is 0.783. The van der Waals surface area contributed by atoms with E-state index in [4.69, 9.17) is 14.2 Å². The molecule has 27 heavy (non-hydrogen) atoms. The minimum Gasteiger partial charge on any atom is -0.454 e. The van der Waals surface area contributed by atoms with Gasteiger partial charge in [-0.3, -0.25) is 4.79 Å². The van der Waals surface area contributed by atoms with Crippen molar-refractivity contribution in [2.75, 3.05) is 51.9 Å². The van der Waals surface area contributed by atoms with Crippen LogP contribution in [0.15, 0.2) is 18.2 Å². The van der Waals surface area contributed by atoms with Gasteiger partial charge in [0.1, 0.15) is 0 Å². The van der Waals surface area contributed by atoms with E-state index in [9.17, 15) is 13.2 Å². The first-order valence-electron chi connectivity index (χ1n) is 9.26. The summed E-state index contributed by atoms with van der Waals surface area (Å²) < 4.78 is 42.1. The minimum atomic E-state index is -3.41. The third-order valence-electron chi connectivity index (χ3n) is 5.35. The van der Waals surface area contributed by atoms with Gasteiger partial charge in [-0.2, -0.15) is 4.31 Å². The lowest BCUT2D eigenvalue weighted by Crippen LogP contribution is -2.42. The van der Waals surface area contributed by atoms with Crippen molar-refractivity contribution in [2.45, 2.75) is 18.8 Å². The van der Waals surface area contributed by atoms with Crippen LogP contribution < -0.4 is 9.47 Å². The van der Waals surface area contributed by atoms with Crippen molar-refractivity contribution < 1.29 is 27.4 Å². The number of hydrogen-bond acceptors (Lipinski definition) is 6. The zero-order valence-electron chi connectivity index (χ0n) is 15.1. The third kappa shape index (κ3) is 4.04. The van der Waals surface area contributed by atoms with Gasteiger partial charge >= 0.3 is 0 Å².